The van der Waals surface area contributed by atoms with Crippen molar-refractivity contribution in [1.29, 1.82) is 0 Å². The number of methoxy groups -OCH3 is 1. The lowest BCUT2D eigenvalue weighted by molar-refractivity contribution is -0.129. The van der Waals surface area contributed by atoms with Crippen molar-refractivity contribution in [2.24, 2.45) is 10.9 Å². The molecule has 4 rings (SSSR count). The lowest BCUT2D eigenvalue weighted by Gasteiger charge is -2.32. The molecule has 150 valence electrons. The first-order valence-corrected chi connectivity index (χ1v) is 10.2. The number of para-hydroxylation sites is 1. The van der Waals surface area contributed by atoms with Crippen molar-refractivity contribution < 1.29 is 14.3 Å². The summed E-state index contributed by atoms with van der Waals surface area (Å²) >= 11 is 5.41. The molecular formula is C22H23N3O3S. The number of piperidine rings is 1. The highest BCUT2D eigenvalue weighted by atomic mass is 32.1. The third kappa shape index (κ3) is 3.87. The predicted octanol–water partition coefficient (Wildman–Crippen LogP) is 2.89. The third-order valence-electron chi connectivity index (χ3n) is 5.49. The molecule has 0 radical (unpaired) electrons. The number of fused-ring (bicyclic) bond motifs is 1. The van der Waals surface area contributed by atoms with Gasteiger partial charge in [0.15, 0.2) is 0 Å². The van der Waals surface area contributed by atoms with E-state index in [2.05, 4.69) is 4.99 Å². The summed E-state index contributed by atoms with van der Waals surface area (Å²) in [6, 6.07) is 7.53. The van der Waals surface area contributed by atoms with Crippen molar-refractivity contribution in [2.45, 2.75) is 25.8 Å². The zero-order valence-electron chi connectivity index (χ0n) is 16.3. The van der Waals surface area contributed by atoms with E-state index >= 15 is 0 Å². The molecule has 1 unspecified atom stereocenters. The van der Waals surface area contributed by atoms with Crippen LogP contribution in [0.4, 0.5) is 0 Å². The highest BCUT2D eigenvalue weighted by Gasteiger charge is 2.36. The molecule has 0 N–H and O–H groups in total. The minimum absolute atomic E-state index is 0.00285. The zero-order chi connectivity index (χ0) is 20.4. The smallest absolute Gasteiger partial charge is 0.253 e. The van der Waals surface area contributed by atoms with Crippen LogP contribution < -0.4 is 4.74 Å². The Labute approximate surface area is 175 Å². The Morgan fingerprint density at radius 2 is 2.00 bits per heavy atom. The van der Waals surface area contributed by atoms with Gasteiger partial charge in [-0.3, -0.25) is 14.5 Å². The van der Waals surface area contributed by atoms with Crippen LogP contribution in [0.15, 0.2) is 53.1 Å². The maximum absolute atomic E-state index is 13.1. The summed E-state index contributed by atoms with van der Waals surface area (Å²) in [5.74, 6) is 0.0421. The number of aliphatic imine (C=N–C) groups is 1. The fourth-order valence-electron chi connectivity index (χ4n) is 3.90. The van der Waals surface area contributed by atoms with Crippen LogP contribution in [0.1, 0.15) is 24.8 Å². The van der Waals surface area contributed by atoms with E-state index < -0.39 is 5.92 Å². The molecule has 2 heterocycles. The third-order valence-corrected chi connectivity index (χ3v) is 5.80. The molecule has 1 fully saturated rings. The Bertz CT molecular complexity index is 944. The maximum Gasteiger partial charge on any atom is 0.253 e. The molecule has 0 bridgehead atoms. The van der Waals surface area contributed by atoms with E-state index in [1.54, 1.807) is 25.3 Å². The van der Waals surface area contributed by atoms with E-state index in [0.717, 1.165) is 37.9 Å². The zero-order valence-corrected chi connectivity index (χ0v) is 17.2. The number of amides is 2. The minimum Gasteiger partial charge on any atom is -0.496 e. The van der Waals surface area contributed by atoms with Gasteiger partial charge in [0.05, 0.1) is 25.3 Å². The maximum atomic E-state index is 13.1. The molecule has 1 aromatic carbocycles. The topological polar surface area (TPSA) is 62.2 Å². The van der Waals surface area contributed by atoms with Gasteiger partial charge in [-0.15, -0.1) is 0 Å². The highest BCUT2D eigenvalue weighted by Crippen LogP contribution is 2.27. The molecule has 1 atom stereocenters. The van der Waals surface area contributed by atoms with Crippen LogP contribution >= 0.6 is 12.2 Å². The van der Waals surface area contributed by atoms with Crippen molar-refractivity contribution in [3.63, 3.8) is 0 Å². The van der Waals surface area contributed by atoms with Crippen LogP contribution in [0.25, 0.3) is 0 Å². The Morgan fingerprint density at radius 1 is 1.24 bits per heavy atom. The Hall–Kier alpha value is -2.80. The van der Waals surface area contributed by atoms with Gasteiger partial charge in [-0.25, -0.2) is 4.99 Å². The Morgan fingerprint density at radius 3 is 2.76 bits per heavy atom. The molecule has 2 aliphatic heterocycles. The number of benzene rings is 1. The van der Waals surface area contributed by atoms with Gasteiger partial charge in [-0.1, -0.05) is 30.4 Å². The van der Waals surface area contributed by atoms with Crippen LogP contribution in [0.2, 0.25) is 0 Å². The number of allylic oxidation sites excluding steroid dienone is 1. The summed E-state index contributed by atoms with van der Waals surface area (Å²) in [6.07, 6.45) is 8.45. The standard InChI is InChI=1S/C22H23N3O3S/c1-28-19-8-4-3-7-16(19)14-25-21(27)17-10-9-15(13-18(17)23-22(25)29)20(26)24-11-5-2-6-12-24/h3-4,7-10,13,17H,2,5-6,11-12,14H2,1H3. The molecule has 6 nitrogen and oxygen atoms in total. The molecule has 1 saturated heterocycles. The lowest BCUT2D eigenvalue weighted by atomic mass is 9.91. The number of hydrogen-bond acceptors (Lipinski definition) is 4. The summed E-state index contributed by atoms with van der Waals surface area (Å²) in [6.45, 7) is 1.86. The first kappa shape index (κ1) is 19.5. The van der Waals surface area contributed by atoms with E-state index in [9.17, 15) is 9.59 Å². The number of ether oxygens (including phenoxy) is 1. The average Bonchev–Trinajstić information content (AvgIpc) is 2.76. The van der Waals surface area contributed by atoms with Crippen molar-refractivity contribution in [3.05, 3.63) is 53.6 Å². The fourth-order valence-corrected chi connectivity index (χ4v) is 4.16. The van der Waals surface area contributed by atoms with E-state index in [4.69, 9.17) is 17.0 Å². The molecule has 1 aromatic rings. The average molecular weight is 410 g/mol. The molecule has 1 aliphatic carbocycles. The molecule has 0 spiro atoms. The van der Waals surface area contributed by atoms with Crippen molar-refractivity contribution >= 4 is 34.9 Å². The van der Waals surface area contributed by atoms with Gasteiger partial charge in [0.2, 0.25) is 11.0 Å². The van der Waals surface area contributed by atoms with Gasteiger partial charge < -0.3 is 9.64 Å². The normalized spacial score (nSPS) is 21.5. The van der Waals surface area contributed by atoms with Crippen LogP contribution in [0.3, 0.4) is 0 Å². The fraction of sp³-hybridized carbons (Fsp3) is 0.364. The summed E-state index contributed by atoms with van der Waals surface area (Å²) in [5.41, 5.74) is 1.97. The molecule has 7 heteroatoms. The number of carbonyl (C=O) groups excluding carboxylic acids is 2. The van der Waals surface area contributed by atoms with Gasteiger partial charge in [-0.05, 0) is 43.6 Å². The molecule has 0 saturated carbocycles. The van der Waals surface area contributed by atoms with Crippen LogP contribution in [0.5, 0.6) is 5.75 Å². The predicted molar refractivity (Wildman–Crippen MR) is 115 cm³/mol. The van der Waals surface area contributed by atoms with Gasteiger partial charge in [0.1, 0.15) is 5.75 Å². The summed E-state index contributed by atoms with van der Waals surface area (Å²) in [5, 5.41) is 0.212. The molecule has 2 amide bonds. The van der Waals surface area contributed by atoms with Gasteiger partial charge >= 0.3 is 0 Å². The minimum atomic E-state index is -0.519. The summed E-state index contributed by atoms with van der Waals surface area (Å²) < 4.78 is 5.38. The summed E-state index contributed by atoms with van der Waals surface area (Å²) in [7, 11) is 1.60. The first-order valence-electron chi connectivity index (χ1n) is 9.83. The van der Waals surface area contributed by atoms with Gasteiger partial charge in [0, 0.05) is 24.2 Å². The number of rotatable bonds is 4. The van der Waals surface area contributed by atoms with Crippen LogP contribution in [0, 0.1) is 5.92 Å². The molecule has 0 aromatic heterocycles. The number of likely N-dealkylation sites (tertiary alicyclic amines) is 1. The lowest BCUT2D eigenvalue weighted by Crippen LogP contribution is -2.46. The number of carbonyl (C=O) groups is 2. The molecule has 3 aliphatic rings. The second kappa shape index (κ2) is 8.29. The van der Waals surface area contributed by atoms with Crippen LogP contribution in [-0.4, -0.2) is 52.6 Å². The largest absolute Gasteiger partial charge is 0.496 e. The second-order valence-electron chi connectivity index (χ2n) is 7.34. The molecular weight excluding hydrogens is 386 g/mol. The molecule has 29 heavy (non-hydrogen) atoms. The van der Waals surface area contributed by atoms with E-state index in [1.807, 2.05) is 29.2 Å². The monoisotopic (exact) mass is 409 g/mol. The van der Waals surface area contributed by atoms with Crippen molar-refractivity contribution in [2.75, 3.05) is 20.2 Å². The summed E-state index contributed by atoms with van der Waals surface area (Å²) in [4.78, 5) is 33.7. The van der Waals surface area contributed by atoms with E-state index in [0.29, 0.717) is 23.6 Å². The first-order chi connectivity index (χ1) is 14.1. The SMILES string of the molecule is COc1ccccc1CN1C(=O)C2C=CC(C(=O)N3CCCCC3)=CC2=NC1=S. The van der Waals surface area contributed by atoms with Gasteiger partial charge in [-0.2, -0.15) is 0 Å². The Kier molecular flexibility index (Phi) is 5.58. The van der Waals surface area contributed by atoms with Gasteiger partial charge in [0.25, 0.3) is 5.91 Å². The highest BCUT2D eigenvalue weighted by molar-refractivity contribution is 7.80. The van der Waals surface area contributed by atoms with Crippen LogP contribution in [-0.2, 0) is 16.1 Å². The van der Waals surface area contributed by atoms with E-state index in [1.165, 1.54) is 4.90 Å². The Balaban J connectivity index is 1.55. The number of hydrogen-bond donors (Lipinski definition) is 0. The van der Waals surface area contributed by atoms with Crippen molar-refractivity contribution in [1.82, 2.24) is 9.80 Å². The second-order valence-corrected chi connectivity index (χ2v) is 7.71. The van der Waals surface area contributed by atoms with E-state index in [-0.39, 0.29) is 16.9 Å². The number of nitrogens with zero attached hydrogens (tertiary/aromatic N) is 3. The number of thiocarbonyl (C=S) groups is 1. The van der Waals surface area contributed by atoms with Crippen molar-refractivity contribution in [3.8, 4) is 5.75 Å². The quantitative estimate of drug-likeness (QED) is 0.718.